The van der Waals surface area contributed by atoms with E-state index in [1.165, 1.54) is 6.92 Å². The Morgan fingerprint density at radius 2 is 1.50 bits per heavy atom. The minimum absolute atomic E-state index is 0.0364. The van der Waals surface area contributed by atoms with E-state index in [9.17, 15) is 31.9 Å². The third-order valence-corrected chi connectivity index (χ3v) is 3.16. The molecule has 1 amide bonds. The summed E-state index contributed by atoms with van der Waals surface area (Å²) in [5.41, 5.74) is -2.75. The van der Waals surface area contributed by atoms with Crippen LogP contribution in [0.25, 0.3) is 0 Å². The molecule has 0 bridgehead atoms. The maximum Gasteiger partial charge on any atom is 0.260 e. The summed E-state index contributed by atoms with van der Waals surface area (Å²) >= 11 is 0. The minimum Gasteiger partial charge on any atom is -0.388 e. The Morgan fingerprint density at radius 3 is 1.90 bits per heavy atom. The lowest BCUT2D eigenvalue weighted by atomic mass is 10.1. The average Bonchev–Trinajstić information content (AvgIpc) is 2.74. The molecule has 1 fully saturated rings. The van der Waals surface area contributed by atoms with Crippen molar-refractivity contribution >= 4 is 5.91 Å². The molecule has 1 N–H and O–H groups in total. The first-order valence-corrected chi connectivity index (χ1v) is 5.69. The molecule has 1 aromatic carbocycles. The molecule has 20 heavy (non-hydrogen) atoms. The Kier molecular flexibility index (Phi) is 3.45. The highest BCUT2D eigenvalue weighted by molar-refractivity contribution is 5.95. The molecular weight excluding hydrogens is 285 g/mol. The zero-order valence-electron chi connectivity index (χ0n) is 10.3. The molecule has 2 rings (SSSR count). The molecule has 1 heterocycles. The predicted molar refractivity (Wildman–Crippen MR) is 57.4 cm³/mol. The number of aliphatic hydroxyl groups is 1. The zero-order valence-corrected chi connectivity index (χ0v) is 10.3. The van der Waals surface area contributed by atoms with Crippen LogP contribution in [0.5, 0.6) is 0 Å². The number of β-amino-alcohol motifs (C(OH)–C–C–N with tert-alkyl or cyclic N) is 1. The van der Waals surface area contributed by atoms with Crippen LogP contribution in [0.4, 0.5) is 22.0 Å². The summed E-state index contributed by atoms with van der Waals surface area (Å²) in [7, 11) is 0. The summed E-state index contributed by atoms with van der Waals surface area (Å²) in [6.07, 6.45) is 0.147. The van der Waals surface area contributed by atoms with Gasteiger partial charge in [0.2, 0.25) is 5.82 Å². The number of hydrogen-bond acceptors (Lipinski definition) is 2. The summed E-state index contributed by atoms with van der Waals surface area (Å²) in [5, 5.41) is 9.66. The number of nitrogens with zero attached hydrogens (tertiary/aromatic N) is 1. The van der Waals surface area contributed by atoms with Crippen LogP contribution in [0.1, 0.15) is 23.7 Å². The SMILES string of the molecule is CC1(O)CCN(C(=O)c2c(F)c(F)c(F)c(F)c2F)C1. The number of amides is 1. The van der Waals surface area contributed by atoms with Crippen LogP contribution in [-0.2, 0) is 0 Å². The molecule has 0 radical (unpaired) electrons. The topological polar surface area (TPSA) is 40.5 Å². The van der Waals surface area contributed by atoms with Gasteiger partial charge in [-0.15, -0.1) is 0 Å². The number of likely N-dealkylation sites (tertiary alicyclic amines) is 1. The number of carbonyl (C=O) groups excluding carboxylic acids is 1. The lowest BCUT2D eigenvalue weighted by Crippen LogP contribution is -2.35. The maximum atomic E-state index is 13.5. The first-order valence-electron chi connectivity index (χ1n) is 5.69. The second-order valence-corrected chi connectivity index (χ2v) is 4.92. The van der Waals surface area contributed by atoms with Crippen LogP contribution in [0, 0.1) is 29.1 Å². The third kappa shape index (κ3) is 2.24. The molecule has 1 aromatic rings. The van der Waals surface area contributed by atoms with Crippen molar-refractivity contribution < 1.29 is 31.9 Å². The fourth-order valence-corrected chi connectivity index (χ4v) is 2.07. The van der Waals surface area contributed by atoms with E-state index in [-0.39, 0.29) is 19.5 Å². The predicted octanol–water partition coefficient (Wildman–Crippen LogP) is 1.98. The Balaban J connectivity index is 2.46. The van der Waals surface area contributed by atoms with Gasteiger partial charge < -0.3 is 10.0 Å². The Morgan fingerprint density at radius 1 is 1.05 bits per heavy atom. The van der Waals surface area contributed by atoms with E-state index in [1.54, 1.807) is 0 Å². The quantitative estimate of drug-likeness (QED) is 0.489. The smallest absolute Gasteiger partial charge is 0.260 e. The molecule has 0 aliphatic carbocycles. The van der Waals surface area contributed by atoms with Gasteiger partial charge in [-0.05, 0) is 13.3 Å². The van der Waals surface area contributed by atoms with Crippen LogP contribution in [0.2, 0.25) is 0 Å². The van der Waals surface area contributed by atoms with Gasteiger partial charge in [-0.25, -0.2) is 22.0 Å². The first kappa shape index (κ1) is 14.7. The number of halogens is 5. The standard InChI is InChI=1S/C12H10F5NO2/c1-12(20)2-3-18(4-12)11(19)5-6(13)8(15)10(17)9(16)7(5)14/h20H,2-4H2,1H3. The fourth-order valence-electron chi connectivity index (χ4n) is 2.07. The molecule has 1 aliphatic rings. The molecule has 1 aliphatic heterocycles. The lowest BCUT2D eigenvalue weighted by molar-refractivity contribution is 0.0565. The molecular formula is C12H10F5NO2. The van der Waals surface area contributed by atoms with Gasteiger partial charge in [-0.3, -0.25) is 4.79 Å². The van der Waals surface area contributed by atoms with E-state index in [0.717, 1.165) is 4.90 Å². The highest BCUT2D eigenvalue weighted by atomic mass is 19.2. The van der Waals surface area contributed by atoms with Gasteiger partial charge in [0.25, 0.3) is 5.91 Å². The number of carbonyl (C=O) groups is 1. The van der Waals surface area contributed by atoms with Gasteiger partial charge in [0.15, 0.2) is 23.3 Å². The molecule has 1 atom stereocenters. The van der Waals surface area contributed by atoms with Crippen LogP contribution in [-0.4, -0.2) is 34.6 Å². The van der Waals surface area contributed by atoms with Crippen molar-refractivity contribution in [3.63, 3.8) is 0 Å². The highest BCUT2D eigenvalue weighted by Gasteiger charge is 2.38. The van der Waals surface area contributed by atoms with Crippen molar-refractivity contribution in [3.05, 3.63) is 34.6 Å². The van der Waals surface area contributed by atoms with E-state index >= 15 is 0 Å². The van der Waals surface area contributed by atoms with E-state index in [4.69, 9.17) is 0 Å². The zero-order chi connectivity index (χ0) is 15.2. The Labute approximate surface area is 110 Å². The molecule has 0 aromatic heterocycles. The van der Waals surface area contributed by atoms with Crippen LogP contribution < -0.4 is 0 Å². The second-order valence-electron chi connectivity index (χ2n) is 4.92. The van der Waals surface area contributed by atoms with Crippen molar-refractivity contribution in [2.45, 2.75) is 18.9 Å². The first-order chi connectivity index (χ1) is 9.15. The van der Waals surface area contributed by atoms with E-state index < -0.39 is 46.2 Å². The summed E-state index contributed by atoms with van der Waals surface area (Å²) < 4.78 is 65.8. The molecule has 1 unspecified atom stereocenters. The van der Waals surface area contributed by atoms with E-state index in [0.29, 0.717) is 0 Å². The van der Waals surface area contributed by atoms with Gasteiger partial charge >= 0.3 is 0 Å². The van der Waals surface area contributed by atoms with Crippen molar-refractivity contribution in [3.8, 4) is 0 Å². The number of rotatable bonds is 1. The summed E-state index contributed by atoms with van der Waals surface area (Å²) in [6, 6.07) is 0. The molecule has 8 heteroatoms. The van der Waals surface area contributed by atoms with E-state index in [2.05, 4.69) is 0 Å². The second kappa shape index (κ2) is 4.69. The number of benzene rings is 1. The van der Waals surface area contributed by atoms with Crippen molar-refractivity contribution in [1.29, 1.82) is 0 Å². The molecule has 1 saturated heterocycles. The summed E-state index contributed by atoms with van der Waals surface area (Å²) in [5.74, 6) is -12.3. The number of hydrogen-bond donors (Lipinski definition) is 1. The molecule has 110 valence electrons. The molecule has 0 spiro atoms. The monoisotopic (exact) mass is 295 g/mol. The van der Waals surface area contributed by atoms with Crippen molar-refractivity contribution in [2.24, 2.45) is 0 Å². The average molecular weight is 295 g/mol. The van der Waals surface area contributed by atoms with Crippen LogP contribution >= 0.6 is 0 Å². The third-order valence-electron chi connectivity index (χ3n) is 3.16. The lowest BCUT2D eigenvalue weighted by Gasteiger charge is -2.19. The summed E-state index contributed by atoms with van der Waals surface area (Å²) in [4.78, 5) is 12.7. The molecule has 0 saturated carbocycles. The fraction of sp³-hybridized carbons (Fsp3) is 0.417. The van der Waals surface area contributed by atoms with Crippen LogP contribution in [0.3, 0.4) is 0 Å². The van der Waals surface area contributed by atoms with Crippen molar-refractivity contribution in [2.75, 3.05) is 13.1 Å². The van der Waals surface area contributed by atoms with Gasteiger partial charge in [0, 0.05) is 13.1 Å². The van der Waals surface area contributed by atoms with Gasteiger partial charge in [0.1, 0.15) is 5.56 Å². The Bertz CT molecular complexity index is 559. The minimum atomic E-state index is -2.31. The maximum absolute atomic E-state index is 13.5. The van der Waals surface area contributed by atoms with Gasteiger partial charge in [-0.2, -0.15) is 0 Å². The largest absolute Gasteiger partial charge is 0.388 e. The van der Waals surface area contributed by atoms with Crippen molar-refractivity contribution in [1.82, 2.24) is 4.90 Å². The highest BCUT2D eigenvalue weighted by Crippen LogP contribution is 2.27. The van der Waals surface area contributed by atoms with Crippen LogP contribution in [0.15, 0.2) is 0 Å². The van der Waals surface area contributed by atoms with Gasteiger partial charge in [-0.1, -0.05) is 0 Å². The van der Waals surface area contributed by atoms with Gasteiger partial charge in [0.05, 0.1) is 5.60 Å². The summed E-state index contributed by atoms with van der Waals surface area (Å²) in [6.45, 7) is 1.12. The molecule has 3 nitrogen and oxygen atoms in total. The Hall–Kier alpha value is -1.70. The van der Waals surface area contributed by atoms with E-state index in [1.807, 2.05) is 0 Å². The normalized spacial score (nSPS) is 22.4.